The fraction of sp³-hybridized carbons (Fsp3) is 0.608. The van der Waals surface area contributed by atoms with Gasteiger partial charge in [0.05, 0.1) is 50.9 Å². The molecule has 0 radical (unpaired) electrons. The van der Waals surface area contributed by atoms with E-state index >= 15 is 0 Å². The quantitative estimate of drug-likeness (QED) is 0.0250. The summed E-state index contributed by atoms with van der Waals surface area (Å²) in [5.41, 5.74) is 18.3. The third-order valence-electron chi connectivity index (χ3n) is 19.1. The van der Waals surface area contributed by atoms with Crippen LogP contribution in [0.2, 0.25) is 0 Å². The van der Waals surface area contributed by atoms with E-state index in [1.54, 1.807) is 69.2 Å². The van der Waals surface area contributed by atoms with Crippen molar-refractivity contribution in [3.8, 4) is 5.75 Å². The molecule has 45 heteroatoms. The first-order valence-electron chi connectivity index (χ1n) is 40.8. The summed E-state index contributed by atoms with van der Waals surface area (Å²) in [4.78, 5) is 268. The smallest absolute Gasteiger partial charge is 0.303 e. The molecule has 3 aromatic rings. The average Bonchev–Trinajstić information content (AvgIpc) is 1.27. The number of hydrogen-bond acceptors (Lipinski definition) is 24. The Kier molecular flexibility index (Phi) is 44.7. The largest absolute Gasteiger partial charge is 0.508 e. The molecule has 1 aromatic carbocycles. The lowest BCUT2D eigenvalue weighted by atomic mass is 9.96. The lowest BCUT2D eigenvalue weighted by Gasteiger charge is -2.29. The van der Waals surface area contributed by atoms with Crippen LogP contribution in [0.25, 0.3) is 0 Å². The van der Waals surface area contributed by atoms with Gasteiger partial charge >= 0.3 is 5.97 Å². The Morgan fingerprint density at radius 3 is 1.21 bits per heavy atom. The number of carbonyl (C=O) groups excluding carboxylic acids is 18. The first kappa shape index (κ1) is 105. The average molecular weight is 1750 g/mol. The topological polar surface area (TPSA) is 713 Å². The number of H-pyrrole nitrogens is 2. The van der Waals surface area contributed by atoms with Crippen molar-refractivity contribution in [2.75, 3.05) is 19.6 Å². The Bertz CT molecular complexity index is 4130. The van der Waals surface area contributed by atoms with Gasteiger partial charge in [0.2, 0.25) is 106 Å². The summed E-state index contributed by atoms with van der Waals surface area (Å²) in [6, 6.07) is -14.0. The molecule has 27 N–H and O–H groups in total. The Morgan fingerprint density at radius 1 is 0.395 bits per heavy atom. The molecular weight excluding hydrogens is 1620 g/mol. The maximum Gasteiger partial charge on any atom is 0.303 e. The minimum atomic E-state index is -1.81. The molecule has 16 atom stereocenters. The van der Waals surface area contributed by atoms with Crippen LogP contribution in [-0.2, 0) is 110 Å². The van der Waals surface area contributed by atoms with E-state index in [-0.39, 0.29) is 80.1 Å². The minimum absolute atomic E-state index is 0.00720. The highest BCUT2D eigenvalue weighted by Gasteiger charge is 2.39. The summed E-state index contributed by atoms with van der Waals surface area (Å²) in [6.45, 7) is 20.0. The number of carbonyl (C=O) groups is 19. The first-order valence-corrected chi connectivity index (χ1v) is 40.8. The van der Waals surface area contributed by atoms with Crippen molar-refractivity contribution in [3.05, 3.63) is 66.3 Å². The molecule has 0 aliphatic rings. The van der Waals surface area contributed by atoms with Gasteiger partial charge in [-0.05, 0) is 114 Å². The van der Waals surface area contributed by atoms with Crippen LogP contribution in [0.5, 0.6) is 5.75 Å². The molecule has 688 valence electrons. The summed E-state index contributed by atoms with van der Waals surface area (Å²) in [7, 11) is 0. The van der Waals surface area contributed by atoms with E-state index in [1.807, 2.05) is 0 Å². The fourth-order valence-electron chi connectivity index (χ4n) is 12.2. The first-order chi connectivity index (χ1) is 58.1. The van der Waals surface area contributed by atoms with Crippen LogP contribution in [0.15, 0.2) is 49.3 Å². The predicted octanol–water partition coefficient (Wildman–Crippen LogP) is -6.26. The molecule has 0 bridgehead atoms. The maximum atomic E-state index is 14.3. The van der Waals surface area contributed by atoms with Crippen LogP contribution in [-0.4, -0.2) is 258 Å². The number of phenolic OH excluding ortho intramolecular Hbond substituents is 1. The van der Waals surface area contributed by atoms with E-state index in [9.17, 15) is 106 Å². The number of imidazole rings is 2. The number of aromatic hydroxyl groups is 1. The molecule has 0 spiro atoms. The van der Waals surface area contributed by atoms with E-state index < -0.39 is 248 Å². The molecule has 124 heavy (non-hydrogen) atoms. The molecule has 18 amide bonds. The number of rotatable bonds is 55. The second-order valence-electron chi connectivity index (χ2n) is 32.2. The van der Waals surface area contributed by atoms with E-state index in [0.717, 1.165) is 0 Å². The number of aliphatic hydroxyl groups is 1. The van der Waals surface area contributed by atoms with Crippen molar-refractivity contribution in [2.24, 2.45) is 46.8 Å². The van der Waals surface area contributed by atoms with Crippen LogP contribution in [0, 0.1) is 29.6 Å². The second-order valence-corrected chi connectivity index (χ2v) is 32.2. The summed E-state index contributed by atoms with van der Waals surface area (Å²) < 4.78 is 0. The zero-order chi connectivity index (χ0) is 93.5. The predicted molar refractivity (Wildman–Crippen MR) is 444 cm³/mol. The highest BCUT2D eigenvalue weighted by Crippen LogP contribution is 2.17. The van der Waals surface area contributed by atoms with Crippen molar-refractivity contribution >= 4 is 112 Å². The molecule has 0 saturated heterocycles. The molecule has 0 aliphatic heterocycles. The second kappa shape index (κ2) is 52.6. The van der Waals surface area contributed by atoms with Crippen molar-refractivity contribution in [3.63, 3.8) is 0 Å². The zero-order valence-corrected chi connectivity index (χ0v) is 72.3. The number of amides is 18. The summed E-state index contributed by atoms with van der Waals surface area (Å²) >= 11 is 0. The van der Waals surface area contributed by atoms with E-state index in [1.165, 1.54) is 77.0 Å². The number of nitrogens with zero attached hydrogens (tertiary/aromatic N) is 2. The van der Waals surface area contributed by atoms with Gasteiger partial charge in [0.25, 0.3) is 0 Å². The van der Waals surface area contributed by atoms with Crippen molar-refractivity contribution in [2.45, 2.75) is 258 Å². The lowest BCUT2D eigenvalue weighted by Crippen LogP contribution is -2.61. The number of aliphatic carboxylic acids is 1. The molecule has 0 saturated carbocycles. The Labute approximate surface area is 717 Å². The Balaban J connectivity index is 1.65. The highest BCUT2D eigenvalue weighted by molar-refractivity contribution is 6.01. The number of phenols is 1. The van der Waals surface area contributed by atoms with E-state index in [2.05, 4.69) is 105 Å². The normalized spacial score (nSPS) is 15.1. The number of aromatic amines is 2. The standard InChI is InChI=1S/C79H125N23O22/c1-15-41(10)64(78(123)100-55(25-40(8)9)77(122)102-65(45(14)103)79(124)95-52(66(82)111)22-37(2)3)101-62(108)34-86-68(113)43(12)91-69(114)44(13)92-73(118)57(28-48-31-84-36-89-48)99-76(121)58(29-59(81)105)93-61(107)33-85-67(112)42(11)90-60(106)32-87-71(116)56(27-47-30-83-35-88-47)98-75(120)54(24-39(6)7)97-74(119)53(23-38(4)5)96-72(117)51(20-21-63(109)110)94-70(115)50(80)26-46-16-18-49(104)19-17-46/h16-19,30-31,35-45,50-58,64-65,103-104H,15,20-29,32-34,80H2,1-14H3,(H2,81,105)(H2,82,111)(H,83,88)(H,84,89)(H,85,112)(H,86,113)(H,87,116)(H,90,106)(H,91,114)(H,92,118)(H,93,107)(H,94,115)(H,95,124)(H,96,117)(H,97,119)(H,98,120)(H,99,121)(H,100,123)(H,101,108)(H,102,122)(H,109,110)/t41-,42-,43+,44-,45+,50-,51-,52-,53-,54-,55-,56-,57-,58-,64-,65-/m0/s1. The van der Waals surface area contributed by atoms with Gasteiger partial charge in [-0.1, -0.05) is 87.8 Å². The number of benzene rings is 1. The molecule has 0 aliphatic carbocycles. The molecule has 2 heterocycles. The molecular formula is C79H125N23O22. The van der Waals surface area contributed by atoms with Gasteiger partial charge in [0.15, 0.2) is 0 Å². The van der Waals surface area contributed by atoms with Gasteiger partial charge in [0.1, 0.15) is 84.3 Å². The number of nitrogens with two attached hydrogens (primary N) is 3. The Hall–Kier alpha value is -12.7. The zero-order valence-electron chi connectivity index (χ0n) is 72.3. The summed E-state index contributed by atoms with van der Waals surface area (Å²) in [5, 5.41) is 68.9. The van der Waals surface area contributed by atoms with Gasteiger partial charge in [-0.25, -0.2) is 9.97 Å². The van der Waals surface area contributed by atoms with E-state index in [4.69, 9.17) is 17.2 Å². The molecule has 0 unspecified atom stereocenters. The third kappa shape index (κ3) is 39.0. The number of hydrogen-bond donors (Lipinski definition) is 24. The van der Waals surface area contributed by atoms with Gasteiger partial charge in [0, 0.05) is 43.0 Å². The van der Waals surface area contributed by atoms with Gasteiger partial charge in [-0.15, -0.1) is 0 Å². The van der Waals surface area contributed by atoms with Crippen LogP contribution in [0.3, 0.4) is 0 Å². The number of carboxylic acids is 1. The molecule has 0 fully saturated rings. The number of nitrogens with one attached hydrogen (secondary N) is 18. The minimum Gasteiger partial charge on any atom is -0.508 e. The van der Waals surface area contributed by atoms with Gasteiger partial charge in [-0.3, -0.25) is 91.1 Å². The maximum absolute atomic E-state index is 14.3. The molecule has 45 nitrogen and oxygen atoms in total. The van der Waals surface area contributed by atoms with Crippen LogP contribution >= 0.6 is 0 Å². The van der Waals surface area contributed by atoms with Crippen molar-refractivity contribution in [1.29, 1.82) is 0 Å². The number of aliphatic hydroxyl groups excluding tert-OH is 1. The molecule has 2 aromatic heterocycles. The van der Waals surface area contributed by atoms with Crippen molar-refractivity contribution in [1.82, 2.24) is 105 Å². The SMILES string of the molecule is CC[C@H](C)[C@H](NC(=O)CNC(=O)[C@@H](C)NC(=O)[C@H](C)NC(=O)[C@H](Cc1cnc[nH]1)NC(=O)[C@H](CC(N)=O)NC(=O)CNC(=O)[C@H](C)NC(=O)CNC(=O)[C@H](Cc1cnc[nH]1)NC(=O)[C@H](CC(C)C)NC(=O)[C@H](CC(C)C)NC(=O)[C@H](CCC(=O)O)NC(=O)[C@@H](N)Cc1ccc(O)cc1)C(=O)N[C@@H](CC(C)C)C(=O)N[C@H](C(=O)N[C@@H](CC(C)C)C(N)=O)[C@@H](C)O. The third-order valence-corrected chi connectivity index (χ3v) is 19.1. The Morgan fingerprint density at radius 2 is 0.766 bits per heavy atom. The molecule has 3 rings (SSSR count). The number of aromatic nitrogens is 4. The van der Waals surface area contributed by atoms with Crippen molar-refractivity contribution < 1.29 is 106 Å². The fourth-order valence-corrected chi connectivity index (χ4v) is 12.2. The number of carboxylic acid groups (broad SMARTS) is 1. The number of primary amides is 2. The summed E-state index contributed by atoms with van der Waals surface area (Å²) in [5.74, 6) is -19.5. The lowest BCUT2D eigenvalue weighted by molar-refractivity contribution is -0.138. The monoisotopic (exact) mass is 1750 g/mol. The van der Waals surface area contributed by atoms with E-state index in [0.29, 0.717) is 17.7 Å². The van der Waals surface area contributed by atoms with Gasteiger partial charge in [-0.2, -0.15) is 0 Å². The van der Waals surface area contributed by atoms with Crippen LogP contribution < -0.4 is 102 Å². The van der Waals surface area contributed by atoms with Gasteiger partial charge < -0.3 is 128 Å². The van der Waals surface area contributed by atoms with Crippen LogP contribution in [0.4, 0.5) is 0 Å². The van der Waals surface area contributed by atoms with Crippen LogP contribution in [0.1, 0.15) is 165 Å². The summed E-state index contributed by atoms with van der Waals surface area (Å²) in [6.07, 6.45) is 1.84. The highest BCUT2D eigenvalue weighted by atomic mass is 16.4.